The third-order valence-corrected chi connectivity index (χ3v) is 3.55. The summed E-state index contributed by atoms with van der Waals surface area (Å²) in [6.45, 7) is 0.345. The van der Waals surface area contributed by atoms with Gasteiger partial charge >= 0.3 is 6.18 Å². The lowest BCUT2D eigenvalue weighted by Gasteiger charge is -2.04. The number of aromatic nitrogens is 4. The number of nitrogens with one attached hydrogen (secondary N) is 1. The van der Waals surface area contributed by atoms with E-state index in [-0.39, 0.29) is 11.5 Å². The summed E-state index contributed by atoms with van der Waals surface area (Å²) >= 11 is 0. The second kappa shape index (κ2) is 6.62. The molecule has 1 amide bonds. The van der Waals surface area contributed by atoms with E-state index >= 15 is 0 Å². The second-order valence-corrected chi connectivity index (χ2v) is 5.54. The zero-order valence-electron chi connectivity index (χ0n) is 13.5. The minimum Gasteiger partial charge on any atom is -0.318 e. The van der Waals surface area contributed by atoms with Crippen molar-refractivity contribution in [3.05, 3.63) is 65.5 Å². The molecule has 0 spiro atoms. The Morgan fingerprint density at radius 1 is 1.23 bits per heavy atom. The molecule has 3 rings (SSSR count). The Balaban J connectivity index is 1.69. The summed E-state index contributed by atoms with van der Waals surface area (Å²) in [5.41, 5.74) is -0.274. The first-order chi connectivity index (χ1) is 12.2. The molecular formula is C16H13F4N5O. The lowest BCUT2D eigenvalue weighted by atomic mass is 10.2. The molecular weight excluding hydrogens is 354 g/mol. The predicted molar refractivity (Wildman–Crippen MR) is 83.9 cm³/mol. The van der Waals surface area contributed by atoms with Crippen LogP contribution in [-0.4, -0.2) is 25.5 Å². The SMILES string of the molecule is Cn1nc(C(=O)Nc2cnn(Cc3ccc(F)cc3)c2)cc1C(F)(F)F. The zero-order chi connectivity index (χ0) is 18.9. The summed E-state index contributed by atoms with van der Waals surface area (Å²) in [7, 11) is 1.11. The van der Waals surface area contributed by atoms with Gasteiger partial charge in [0.05, 0.1) is 18.4 Å². The predicted octanol–water partition coefficient (Wildman–Crippen LogP) is 3.08. The molecule has 0 unspecified atom stereocenters. The first-order valence-corrected chi connectivity index (χ1v) is 7.42. The van der Waals surface area contributed by atoms with Crippen molar-refractivity contribution in [3.8, 4) is 0 Å². The van der Waals surface area contributed by atoms with Crippen LogP contribution in [0.5, 0.6) is 0 Å². The molecule has 0 aliphatic rings. The maximum absolute atomic E-state index is 12.9. The Hall–Kier alpha value is -3.17. The number of amides is 1. The largest absolute Gasteiger partial charge is 0.433 e. The normalized spacial score (nSPS) is 11.6. The van der Waals surface area contributed by atoms with Gasteiger partial charge in [0.25, 0.3) is 5.91 Å². The number of nitrogens with zero attached hydrogens (tertiary/aromatic N) is 4. The van der Waals surface area contributed by atoms with Gasteiger partial charge < -0.3 is 5.32 Å². The standard InChI is InChI=1S/C16H13F4N5O/c1-24-14(16(18,19)20)6-13(23-24)15(26)22-12-7-21-25(9-12)8-10-2-4-11(17)5-3-10/h2-7,9H,8H2,1H3,(H,22,26). The lowest BCUT2D eigenvalue weighted by molar-refractivity contribution is -0.143. The number of carbonyl (C=O) groups excluding carboxylic acids is 1. The van der Waals surface area contributed by atoms with Gasteiger partial charge in [0, 0.05) is 19.3 Å². The van der Waals surface area contributed by atoms with E-state index < -0.39 is 17.8 Å². The number of benzene rings is 1. The molecule has 6 nitrogen and oxygen atoms in total. The van der Waals surface area contributed by atoms with Gasteiger partial charge in [0.1, 0.15) is 11.5 Å². The average Bonchev–Trinajstić information content (AvgIpc) is 3.16. The van der Waals surface area contributed by atoms with E-state index in [1.54, 1.807) is 12.1 Å². The molecule has 0 radical (unpaired) electrons. The molecule has 0 aliphatic carbocycles. The number of anilines is 1. The Kier molecular flexibility index (Phi) is 4.49. The third-order valence-electron chi connectivity index (χ3n) is 3.55. The Morgan fingerprint density at radius 3 is 2.54 bits per heavy atom. The van der Waals surface area contributed by atoms with Crippen molar-refractivity contribution >= 4 is 11.6 Å². The Bertz CT molecular complexity index is 927. The van der Waals surface area contributed by atoms with Crippen LogP contribution in [0.2, 0.25) is 0 Å². The molecule has 1 N–H and O–H groups in total. The van der Waals surface area contributed by atoms with Gasteiger partial charge in [-0.2, -0.15) is 23.4 Å². The smallest absolute Gasteiger partial charge is 0.318 e. The van der Waals surface area contributed by atoms with Gasteiger partial charge in [-0.05, 0) is 17.7 Å². The van der Waals surface area contributed by atoms with Gasteiger partial charge in [-0.15, -0.1) is 0 Å². The van der Waals surface area contributed by atoms with Crippen molar-refractivity contribution in [3.63, 3.8) is 0 Å². The summed E-state index contributed by atoms with van der Waals surface area (Å²) in [6, 6.07) is 6.52. The van der Waals surface area contributed by atoms with Crippen molar-refractivity contribution in [1.82, 2.24) is 19.6 Å². The second-order valence-electron chi connectivity index (χ2n) is 5.54. The summed E-state index contributed by atoms with van der Waals surface area (Å²) in [6.07, 6.45) is -1.73. The molecule has 0 saturated carbocycles. The first-order valence-electron chi connectivity index (χ1n) is 7.42. The van der Waals surface area contributed by atoms with E-state index in [1.165, 1.54) is 29.2 Å². The minimum absolute atomic E-state index is 0.302. The number of hydrogen-bond donors (Lipinski definition) is 1. The molecule has 136 valence electrons. The monoisotopic (exact) mass is 367 g/mol. The van der Waals surface area contributed by atoms with Crippen molar-refractivity contribution < 1.29 is 22.4 Å². The highest BCUT2D eigenvalue weighted by Crippen LogP contribution is 2.29. The first kappa shape index (κ1) is 17.6. The van der Waals surface area contributed by atoms with E-state index in [2.05, 4.69) is 15.5 Å². The van der Waals surface area contributed by atoms with Gasteiger partial charge in [-0.25, -0.2) is 4.39 Å². The molecule has 0 atom stereocenters. The van der Waals surface area contributed by atoms with Crippen LogP contribution in [0.15, 0.2) is 42.7 Å². The van der Waals surface area contributed by atoms with Crippen LogP contribution in [0, 0.1) is 5.82 Å². The van der Waals surface area contributed by atoms with Gasteiger partial charge in [-0.3, -0.25) is 14.2 Å². The molecule has 26 heavy (non-hydrogen) atoms. The van der Waals surface area contributed by atoms with E-state index in [0.29, 0.717) is 23.0 Å². The average molecular weight is 367 g/mol. The fourth-order valence-corrected chi connectivity index (χ4v) is 2.33. The molecule has 2 aromatic heterocycles. The molecule has 0 bridgehead atoms. The quantitative estimate of drug-likeness (QED) is 0.721. The highest BCUT2D eigenvalue weighted by molar-refractivity contribution is 6.02. The molecule has 1 aromatic carbocycles. The molecule has 3 aromatic rings. The minimum atomic E-state index is -4.60. The third kappa shape index (κ3) is 3.90. The topological polar surface area (TPSA) is 64.7 Å². The van der Waals surface area contributed by atoms with Crippen molar-refractivity contribution in [2.45, 2.75) is 12.7 Å². The van der Waals surface area contributed by atoms with Crippen LogP contribution in [0.25, 0.3) is 0 Å². The van der Waals surface area contributed by atoms with Crippen molar-refractivity contribution in [2.24, 2.45) is 7.05 Å². The number of carbonyl (C=O) groups is 1. The van der Waals surface area contributed by atoms with E-state index in [1.807, 2.05) is 0 Å². The number of aryl methyl sites for hydroxylation is 1. The van der Waals surface area contributed by atoms with Gasteiger partial charge in [-0.1, -0.05) is 12.1 Å². The van der Waals surface area contributed by atoms with Gasteiger partial charge in [0.2, 0.25) is 0 Å². The van der Waals surface area contributed by atoms with Crippen LogP contribution < -0.4 is 5.32 Å². The number of alkyl halides is 3. The fourth-order valence-electron chi connectivity index (χ4n) is 2.33. The highest BCUT2D eigenvalue weighted by atomic mass is 19.4. The van der Waals surface area contributed by atoms with Crippen LogP contribution in [0.3, 0.4) is 0 Å². The van der Waals surface area contributed by atoms with E-state index in [0.717, 1.165) is 12.6 Å². The van der Waals surface area contributed by atoms with Crippen LogP contribution >= 0.6 is 0 Å². The fraction of sp³-hybridized carbons (Fsp3) is 0.188. The maximum Gasteiger partial charge on any atom is 0.433 e. The molecule has 0 saturated heterocycles. The Labute approximate surface area is 145 Å². The number of halogens is 4. The highest BCUT2D eigenvalue weighted by Gasteiger charge is 2.35. The summed E-state index contributed by atoms with van der Waals surface area (Å²) in [5, 5.41) is 10.1. The van der Waals surface area contributed by atoms with Crippen LogP contribution in [0.4, 0.5) is 23.2 Å². The van der Waals surface area contributed by atoms with Crippen molar-refractivity contribution in [2.75, 3.05) is 5.32 Å². The van der Waals surface area contributed by atoms with E-state index in [9.17, 15) is 22.4 Å². The molecule has 10 heteroatoms. The maximum atomic E-state index is 12.9. The zero-order valence-corrected chi connectivity index (χ0v) is 13.5. The summed E-state index contributed by atoms with van der Waals surface area (Å²) in [4.78, 5) is 12.1. The van der Waals surface area contributed by atoms with E-state index in [4.69, 9.17) is 0 Å². The summed E-state index contributed by atoms with van der Waals surface area (Å²) < 4.78 is 53.3. The molecule has 0 aliphatic heterocycles. The summed E-state index contributed by atoms with van der Waals surface area (Å²) in [5.74, 6) is -1.13. The lowest BCUT2D eigenvalue weighted by Crippen LogP contribution is -2.12. The van der Waals surface area contributed by atoms with Crippen LogP contribution in [0.1, 0.15) is 21.7 Å². The number of hydrogen-bond acceptors (Lipinski definition) is 3. The van der Waals surface area contributed by atoms with Crippen molar-refractivity contribution in [1.29, 1.82) is 0 Å². The van der Waals surface area contributed by atoms with Crippen LogP contribution in [-0.2, 0) is 19.8 Å². The molecule has 0 fully saturated rings. The van der Waals surface area contributed by atoms with Gasteiger partial charge in [0.15, 0.2) is 5.69 Å². The Morgan fingerprint density at radius 2 is 1.92 bits per heavy atom. The molecule has 2 heterocycles. The number of rotatable bonds is 4.